The van der Waals surface area contributed by atoms with Crippen molar-refractivity contribution in [2.75, 3.05) is 39.3 Å². The molecular formula is C17H27N3. The van der Waals surface area contributed by atoms with Crippen LogP contribution in [0.15, 0.2) is 24.3 Å². The summed E-state index contributed by atoms with van der Waals surface area (Å²) in [4.78, 5) is 5.32. The third-order valence-corrected chi connectivity index (χ3v) is 4.81. The van der Waals surface area contributed by atoms with Crippen molar-refractivity contribution in [3.63, 3.8) is 0 Å². The smallest absolute Gasteiger partial charge is 0.0237 e. The van der Waals surface area contributed by atoms with E-state index in [0.717, 1.165) is 32.1 Å². The van der Waals surface area contributed by atoms with Crippen LogP contribution in [0.5, 0.6) is 0 Å². The standard InChI is InChI=1S/C17H27N3/c1-2-15-5-3-4-6-16(15)13-19-10-7-17(14-19)20-11-8-18-9-12-20/h3-6,17-18H,2,7-14H2,1H3. The SMILES string of the molecule is CCc1ccccc1CN1CCC(N2CCNCC2)C1. The third-order valence-electron chi connectivity index (χ3n) is 4.81. The molecule has 2 heterocycles. The lowest BCUT2D eigenvalue weighted by Crippen LogP contribution is -2.49. The van der Waals surface area contributed by atoms with Crippen LogP contribution in [0, 0.1) is 0 Å². The molecule has 0 radical (unpaired) electrons. The minimum atomic E-state index is 0.783. The molecule has 1 N–H and O–H groups in total. The van der Waals surface area contributed by atoms with E-state index in [-0.39, 0.29) is 0 Å². The molecule has 2 aliphatic rings. The number of benzene rings is 1. The van der Waals surface area contributed by atoms with Gasteiger partial charge in [-0.15, -0.1) is 0 Å². The molecule has 0 aliphatic carbocycles. The maximum atomic E-state index is 3.45. The van der Waals surface area contributed by atoms with Crippen molar-refractivity contribution >= 4 is 0 Å². The lowest BCUT2D eigenvalue weighted by Gasteiger charge is -2.32. The molecule has 1 atom stereocenters. The molecule has 3 nitrogen and oxygen atoms in total. The van der Waals surface area contributed by atoms with Gasteiger partial charge in [-0.3, -0.25) is 9.80 Å². The summed E-state index contributed by atoms with van der Waals surface area (Å²) in [7, 11) is 0. The molecule has 0 saturated carbocycles. The van der Waals surface area contributed by atoms with E-state index in [1.165, 1.54) is 43.7 Å². The van der Waals surface area contributed by atoms with E-state index >= 15 is 0 Å². The number of likely N-dealkylation sites (tertiary alicyclic amines) is 1. The Labute approximate surface area is 123 Å². The highest BCUT2D eigenvalue weighted by atomic mass is 15.3. The molecule has 20 heavy (non-hydrogen) atoms. The minimum absolute atomic E-state index is 0.783. The van der Waals surface area contributed by atoms with Gasteiger partial charge in [-0.1, -0.05) is 31.2 Å². The summed E-state index contributed by atoms with van der Waals surface area (Å²) in [6, 6.07) is 9.70. The molecule has 110 valence electrons. The molecular weight excluding hydrogens is 246 g/mol. The second-order valence-corrected chi connectivity index (χ2v) is 6.09. The van der Waals surface area contributed by atoms with E-state index in [1.807, 2.05) is 0 Å². The maximum Gasteiger partial charge on any atom is 0.0237 e. The second kappa shape index (κ2) is 6.70. The van der Waals surface area contributed by atoms with Gasteiger partial charge >= 0.3 is 0 Å². The average molecular weight is 273 g/mol. The van der Waals surface area contributed by atoms with Crippen molar-refractivity contribution in [3.05, 3.63) is 35.4 Å². The number of hydrogen-bond donors (Lipinski definition) is 1. The van der Waals surface area contributed by atoms with E-state index in [0.29, 0.717) is 0 Å². The van der Waals surface area contributed by atoms with Crippen LogP contribution < -0.4 is 5.32 Å². The number of piperazine rings is 1. The van der Waals surface area contributed by atoms with Crippen LogP contribution in [0.4, 0.5) is 0 Å². The van der Waals surface area contributed by atoms with Gasteiger partial charge in [0.05, 0.1) is 0 Å². The van der Waals surface area contributed by atoms with Crippen molar-refractivity contribution in [2.45, 2.75) is 32.4 Å². The summed E-state index contributed by atoms with van der Waals surface area (Å²) in [6.45, 7) is 10.7. The molecule has 1 aromatic rings. The third kappa shape index (κ3) is 3.22. The highest BCUT2D eigenvalue weighted by Crippen LogP contribution is 2.20. The van der Waals surface area contributed by atoms with Gasteiger partial charge in [0.2, 0.25) is 0 Å². The van der Waals surface area contributed by atoms with Crippen LogP contribution >= 0.6 is 0 Å². The van der Waals surface area contributed by atoms with Crippen LogP contribution in [-0.2, 0) is 13.0 Å². The van der Waals surface area contributed by atoms with Crippen molar-refractivity contribution in [3.8, 4) is 0 Å². The zero-order chi connectivity index (χ0) is 13.8. The molecule has 2 aliphatic heterocycles. The van der Waals surface area contributed by atoms with E-state index < -0.39 is 0 Å². The Morgan fingerprint density at radius 3 is 2.60 bits per heavy atom. The van der Waals surface area contributed by atoms with Gasteiger partial charge in [-0.2, -0.15) is 0 Å². The number of nitrogens with one attached hydrogen (secondary N) is 1. The molecule has 2 saturated heterocycles. The fourth-order valence-electron chi connectivity index (χ4n) is 3.60. The molecule has 1 unspecified atom stereocenters. The first-order chi connectivity index (χ1) is 9.86. The Balaban J connectivity index is 1.57. The van der Waals surface area contributed by atoms with Gasteiger partial charge in [0.25, 0.3) is 0 Å². The monoisotopic (exact) mass is 273 g/mol. The van der Waals surface area contributed by atoms with Gasteiger partial charge in [0.1, 0.15) is 0 Å². The Kier molecular flexibility index (Phi) is 4.71. The maximum absolute atomic E-state index is 3.45. The summed E-state index contributed by atoms with van der Waals surface area (Å²) in [5.41, 5.74) is 3.04. The number of aryl methyl sites for hydroxylation is 1. The average Bonchev–Trinajstić information content (AvgIpc) is 2.97. The Morgan fingerprint density at radius 1 is 1.10 bits per heavy atom. The minimum Gasteiger partial charge on any atom is -0.314 e. The highest BCUT2D eigenvalue weighted by molar-refractivity contribution is 5.27. The van der Waals surface area contributed by atoms with Crippen LogP contribution in [0.2, 0.25) is 0 Å². The quantitative estimate of drug-likeness (QED) is 0.901. The van der Waals surface area contributed by atoms with E-state index in [4.69, 9.17) is 0 Å². The van der Waals surface area contributed by atoms with E-state index in [1.54, 1.807) is 0 Å². The van der Waals surface area contributed by atoms with Crippen molar-refractivity contribution in [2.24, 2.45) is 0 Å². The summed E-state index contributed by atoms with van der Waals surface area (Å²) in [5, 5.41) is 3.45. The normalized spacial score (nSPS) is 25.1. The summed E-state index contributed by atoms with van der Waals surface area (Å²) < 4.78 is 0. The Bertz CT molecular complexity index is 426. The molecule has 0 bridgehead atoms. The van der Waals surface area contributed by atoms with Gasteiger partial charge in [0, 0.05) is 51.9 Å². The first kappa shape index (κ1) is 14.1. The lowest BCUT2D eigenvalue weighted by molar-refractivity contribution is 0.170. The fourth-order valence-corrected chi connectivity index (χ4v) is 3.60. The molecule has 3 heteroatoms. The van der Waals surface area contributed by atoms with Gasteiger partial charge in [0.15, 0.2) is 0 Å². The molecule has 2 fully saturated rings. The topological polar surface area (TPSA) is 18.5 Å². The highest BCUT2D eigenvalue weighted by Gasteiger charge is 2.28. The molecule has 1 aromatic carbocycles. The molecule has 0 amide bonds. The van der Waals surface area contributed by atoms with Gasteiger partial charge in [-0.05, 0) is 24.0 Å². The van der Waals surface area contributed by atoms with Gasteiger partial charge in [-0.25, -0.2) is 0 Å². The molecule has 3 rings (SSSR count). The Morgan fingerprint density at radius 2 is 1.85 bits per heavy atom. The number of nitrogens with zero attached hydrogens (tertiary/aromatic N) is 2. The largest absolute Gasteiger partial charge is 0.314 e. The Hall–Kier alpha value is -0.900. The second-order valence-electron chi connectivity index (χ2n) is 6.09. The predicted molar refractivity (Wildman–Crippen MR) is 83.9 cm³/mol. The first-order valence-electron chi connectivity index (χ1n) is 8.10. The zero-order valence-corrected chi connectivity index (χ0v) is 12.6. The first-order valence-corrected chi connectivity index (χ1v) is 8.10. The van der Waals surface area contributed by atoms with E-state index in [2.05, 4.69) is 46.3 Å². The molecule has 0 aromatic heterocycles. The van der Waals surface area contributed by atoms with E-state index in [9.17, 15) is 0 Å². The zero-order valence-electron chi connectivity index (χ0n) is 12.6. The lowest BCUT2D eigenvalue weighted by atomic mass is 10.1. The summed E-state index contributed by atoms with van der Waals surface area (Å²) in [6.07, 6.45) is 2.49. The van der Waals surface area contributed by atoms with Crippen LogP contribution in [0.3, 0.4) is 0 Å². The van der Waals surface area contributed by atoms with Crippen molar-refractivity contribution in [1.82, 2.24) is 15.1 Å². The van der Waals surface area contributed by atoms with Crippen LogP contribution in [-0.4, -0.2) is 55.1 Å². The van der Waals surface area contributed by atoms with Crippen LogP contribution in [0.1, 0.15) is 24.5 Å². The molecule has 0 spiro atoms. The number of hydrogen-bond acceptors (Lipinski definition) is 3. The van der Waals surface area contributed by atoms with Crippen LogP contribution in [0.25, 0.3) is 0 Å². The summed E-state index contributed by atoms with van der Waals surface area (Å²) >= 11 is 0. The van der Waals surface area contributed by atoms with Gasteiger partial charge < -0.3 is 5.32 Å². The van der Waals surface area contributed by atoms with Crippen molar-refractivity contribution < 1.29 is 0 Å². The predicted octanol–water partition coefficient (Wildman–Crippen LogP) is 1.73. The van der Waals surface area contributed by atoms with Crippen molar-refractivity contribution in [1.29, 1.82) is 0 Å². The summed E-state index contributed by atoms with van der Waals surface area (Å²) in [5.74, 6) is 0. The fraction of sp³-hybridized carbons (Fsp3) is 0.647. The number of rotatable bonds is 4.